The van der Waals surface area contributed by atoms with Crippen LogP contribution in [-0.4, -0.2) is 20.9 Å². The van der Waals surface area contributed by atoms with Crippen LogP contribution in [-0.2, 0) is 27.7 Å². The Labute approximate surface area is 167 Å². The van der Waals surface area contributed by atoms with E-state index in [1.165, 1.54) is 12.0 Å². The molecule has 0 atom stereocenters. The maximum atomic E-state index is 12.5. The van der Waals surface area contributed by atoms with Crippen LogP contribution in [0.3, 0.4) is 0 Å². The van der Waals surface area contributed by atoms with Gasteiger partial charge in [0.1, 0.15) is 0 Å². The molecule has 1 aliphatic carbocycles. The number of hydrogen-bond acceptors (Lipinski definition) is 3. The average molecular weight is 401 g/mol. The number of benzene rings is 2. The predicted molar refractivity (Wildman–Crippen MR) is 112 cm³/mol. The van der Waals surface area contributed by atoms with Gasteiger partial charge in [0.05, 0.1) is 4.90 Å². The van der Waals surface area contributed by atoms with Crippen LogP contribution in [0.25, 0.3) is 0 Å². The highest BCUT2D eigenvalue weighted by molar-refractivity contribution is 7.89. The number of amides is 1. The van der Waals surface area contributed by atoms with Gasteiger partial charge in [-0.15, -0.1) is 0 Å². The van der Waals surface area contributed by atoms with Crippen LogP contribution in [0.5, 0.6) is 0 Å². The van der Waals surface area contributed by atoms with Crippen LogP contribution < -0.4 is 10.0 Å². The topological polar surface area (TPSA) is 75.3 Å². The van der Waals surface area contributed by atoms with Crippen molar-refractivity contribution in [2.45, 2.75) is 57.3 Å². The lowest BCUT2D eigenvalue weighted by Crippen LogP contribution is -2.26. The van der Waals surface area contributed by atoms with Gasteiger partial charge in [-0.1, -0.05) is 23.8 Å². The summed E-state index contributed by atoms with van der Waals surface area (Å²) in [5, 5.41) is 2.88. The Morgan fingerprint density at radius 3 is 2.50 bits per heavy atom. The second-order valence-corrected chi connectivity index (χ2v) is 9.27. The van der Waals surface area contributed by atoms with E-state index in [4.69, 9.17) is 0 Å². The Hall–Kier alpha value is -2.18. The minimum Gasteiger partial charge on any atom is -0.326 e. The quantitative estimate of drug-likeness (QED) is 0.693. The number of nitrogens with one attached hydrogen (secondary N) is 2. The van der Waals surface area contributed by atoms with Gasteiger partial charge in [0, 0.05) is 18.7 Å². The molecule has 0 unspecified atom stereocenters. The van der Waals surface area contributed by atoms with Crippen molar-refractivity contribution in [2.75, 3.05) is 11.9 Å². The predicted octanol–water partition coefficient (Wildman–Crippen LogP) is 3.88. The van der Waals surface area contributed by atoms with Crippen LogP contribution in [0.15, 0.2) is 41.3 Å². The molecule has 5 nitrogen and oxygen atoms in total. The summed E-state index contributed by atoms with van der Waals surface area (Å²) < 4.78 is 27.6. The standard InChI is InChI=1S/C22H28N2O3S/c1-16-9-12-21(17(2)14-16)24-22(25)8-5-13-23-28(26,27)20-11-10-18-6-3-4-7-19(18)15-20/h9-12,14-15,23H,3-8,13H2,1-2H3,(H,24,25). The Morgan fingerprint density at radius 2 is 1.75 bits per heavy atom. The van der Waals surface area contributed by atoms with E-state index < -0.39 is 10.0 Å². The Kier molecular flexibility index (Phi) is 6.52. The molecule has 2 aromatic carbocycles. The van der Waals surface area contributed by atoms with E-state index in [2.05, 4.69) is 10.0 Å². The minimum absolute atomic E-state index is 0.111. The van der Waals surface area contributed by atoms with Gasteiger partial charge < -0.3 is 5.32 Å². The number of rotatable bonds is 7. The third-order valence-electron chi connectivity index (χ3n) is 5.16. The maximum Gasteiger partial charge on any atom is 0.240 e. The van der Waals surface area contributed by atoms with Crippen molar-refractivity contribution >= 4 is 21.6 Å². The van der Waals surface area contributed by atoms with Crippen molar-refractivity contribution in [2.24, 2.45) is 0 Å². The highest BCUT2D eigenvalue weighted by Gasteiger charge is 2.17. The highest BCUT2D eigenvalue weighted by Crippen LogP contribution is 2.24. The van der Waals surface area contributed by atoms with Crippen LogP contribution >= 0.6 is 0 Å². The summed E-state index contributed by atoms with van der Waals surface area (Å²) in [5.41, 5.74) is 5.36. The molecule has 0 saturated carbocycles. The molecule has 6 heteroatoms. The monoisotopic (exact) mass is 400 g/mol. The molecule has 3 rings (SSSR count). The first-order valence-corrected chi connectivity index (χ1v) is 11.3. The van der Waals surface area contributed by atoms with E-state index in [0.717, 1.165) is 41.6 Å². The lowest BCUT2D eigenvalue weighted by Gasteiger charge is -2.16. The second-order valence-electron chi connectivity index (χ2n) is 7.51. The van der Waals surface area contributed by atoms with Crippen LogP contribution in [0.4, 0.5) is 5.69 Å². The third-order valence-corrected chi connectivity index (χ3v) is 6.62. The summed E-state index contributed by atoms with van der Waals surface area (Å²) in [6.45, 7) is 4.20. The summed E-state index contributed by atoms with van der Waals surface area (Å²) in [6, 6.07) is 11.3. The molecule has 0 radical (unpaired) electrons. The van der Waals surface area contributed by atoms with Crippen molar-refractivity contribution < 1.29 is 13.2 Å². The molecule has 1 aliphatic rings. The number of carbonyl (C=O) groups excluding carboxylic acids is 1. The van der Waals surface area contributed by atoms with E-state index in [1.807, 2.05) is 38.1 Å². The summed E-state index contributed by atoms with van der Waals surface area (Å²) in [7, 11) is -3.54. The van der Waals surface area contributed by atoms with Crippen molar-refractivity contribution in [3.05, 3.63) is 58.7 Å². The van der Waals surface area contributed by atoms with Crippen molar-refractivity contribution in [1.82, 2.24) is 4.72 Å². The lowest BCUT2D eigenvalue weighted by atomic mass is 9.92. The van der Waals surface area contributed by atoms with E-state index in [9.17, 15) is 13.2 Å². The molecule has 0 saturated heterocycles. The molecular formula is C22H28N2O3S. The molecule has 0 aliphatic heterocycles. The van der Waals surface area contributed by atoms with Gasteiger partial charge >= 0.3 is 0 Å². The summed E-state index contributed by atoms with van der Waals surface area (Å²) in [4.78, 5) is 12.4. The van der Waals surface area contributed by atoms with Gasteiger partial charge in [-0.05, 0) is 80.8 Å². The Bertz CT molecular complexity index is 968. The lowest BCUT2D eigenvalue weighted by molar-refractivity contribution is -0.116. The van der Waals surface area contributed by atoms with E-state index in [0.29, 0.717) is 11.3 Å². The smallest absolute Gasteiger partial charge is 0.240 e. The normalized spacial score (nSPS) is 13.8. The molecule has 28 heavy (non-hydrogen) atoms. The minimum atomic E-state index is -3.54. The van der Waals surface area contributed by atoms with E-state index in [1.54, 1.807) is 12.1 Å². The van der Waals surface area contributed by atoms with Crippen LogP contribution in [0.1, 0.15) is 47.9 Å². The molecule has 0 bridgehead atoms. The van der Waals surface area contributed by atoms with Gasteiger partial charge in [0.2, 0.25) is 15.9 Å². The fourth-order valence-electron chi connectivity index (χ4n) is 3.58. The Morgan fingerprint density at radius 1 is 1.00 bits per heavy atom. The first kappa shape index (κ1) is 20.6. The first-order valence-electron chi connectivity index (χ1n) is 9.84. The Balaban J connectivity index is 1.49. The summed E-state index contributed by atoms with van der Waals surface area (Å²) in [6.07, 6.45) is 4.96. The number of fused-ring (bicyclic) bond motifs is 1. The fraction of sp³-hybridized carbons (Fsp3) is 0.409. The highest BCUT2D eigenvalue weighted by atomic mass is 32.2. The molecule has 0 fully saturated rings. The molecule has 0 heterocycles. The van der Waals surface area contributed by atoms with Crippen LogP contribution in [0.2, 0.25) is 0 Å². The van der Waals surface area contributed by atoms with Crippen molar-refractivity contribution in [1.29, 1.82) is 0 Å². The number of hydrogen-bond donors (Lipinski definition) is 2. The van der Waals surface area contributed by atoms with Gasteiger partial charge in [0.15, 0.2) is 0 Å². The molecule has 150 valence electrons. The zero-order valence-corrected chi connectivity index (χ0v) is 17.4. The molecule has 2 aromatic rings. The van der Waals surface area contributed by atoms with Crippen LogP contribution in [0, 0.1) is 13.8 Å². The third kappa shape index (κ3) is 5.20. The molecule has 2 N–H and O–H groups in total. The number of sulfonamides is 1. The second kappa shape index (κ2) is 8.88. The summed E-state index contributed by atoms with van der Waals surface area (Å²) in [5.74, 6) is -0.111. The number of aryl methyl sites for hydroxylation is 4. The van der Waals surface area contributed by atoms with Crippen molar-refractivity contribution in [3.63, 3.8) is 0 Å². The fourth-order valence-corrected chi connectivity index (χ4v) is 4.71. The number of anilines is 1. The molecule has 1 amide bonds. The SMILES string of the molecule is Cc1ccc(NC(=O)CCCNS(=O)(=O)c2ccc3c(c2)CCCC3)c(C)c1. The van der Waals surface area contributed by atoms with Crippen molar-refractivity contribution in [3.8, 4) is 0 Å². The van der Waals surface area contributed by atoms with Gasteiger partial charge in [-0.2, -0.15) is 0 Å². The maximum absolute atomic E-state index is 12.5. The van der Waals surface area contributed by atoms with E-state index in [-0.39, 0.29) is 18.9 Å². The largest absolute Gasteiger partial charge is 0.326 e. The van der Waals surface area contributed by atoms with E-state index >= 15 is 0 Å². The number of carbonyl (C=O) groups is 1. The molecular weight excluding hydrogens is 372 g/mol. The first-order chi connectivity index (χ1) is 13.3. The molecule has 0 spiro atoms. The van der Waals surface area contributed by atoms with Gasteiger partial charge in [0.25, 0.3) is 0 Å². The zero-order chi connectivity index (χ0) is 20.1. The molecule has 0 aromatic heterocycles. The summed E-state index contributed by atoms with van der Waals surface area (Å²) >= 11 is 0. The van der Waals surface area contributed by atoms with Gasteiger partial charge in [-0.3, -0.25) is 4.79 Å². The van der Waals surface area contributed by atoms with Gasteiger partial charge in [-0.25, -0.2) is 13.1 Å². The average Bonchev–Trinajstić information content (AvgIpc) is 2.67. The zero-order valence-electron chi connectivity index (χ0n) is 16.5.